The van der Waals surface area contributed by atoms with E-state index in [1.165, 1.54) is 0 Å². The van der Waals surface area contributed by atoms with Crippen molar-refractivity contribution in [2.24, 2.45) is 4.99 Å². The molecule has 2 amide bonds. The molecule has 1 saturated heterocycles. The van der Waals surface area contributed by atoms with Crippen LogP contribution in [0.25, 0.3) is 16.5 Å². The number of nitrogens with zero attached hydrogens (tertiary/aromatic N) is 4. The number of likely N-dealkylation sites (tertiary alicyclic amines) is 1. The molecule has 1 aromatic carbocycles. The largest absolute Gasteiger partial charge is 0.460 e. The molecule has 4 heterocycles. The Morgan fingerprint density at radius 1 is 1.30 bits per heavy atom. The van der Waals surface area contributed by atoms with Gasteiger partial charge in [0.05, 0.1) is 29.5 Å². The summed E-state index contributed by atoms with van der Waals surface area (Å²) < 4.78 is 13.5. The van der Waals surface area contributed by atoms with Gasteiger partial charge in [0.25, 0.3) is 11.8 Å². The molecule has 1 fully saturated rings. The van der Waals surface area contributed by atoms with Crippen LogP contribution in [-0.4, -0.2) is 56.8 Å². The third-order valence-corrected chi connectivity index (χ3v) is 6.24. The fourth-order valence-corrected chi connectivity index (χ4v) is 4.27. The summed E-state index contributed by atoms with van der Waals surface area (Å²) in [6.45, 7) is 8.98. The minimum Gasteiger partial charge on any atom is -0.460 e. The Morgan fingerprint density at radius 2 is 2.09 bits per heavy atom. The standard InChI is InChI=1S/C24H22N4O5/c1-12-17(24(31)27-11-18(29)13(27)2)10-28-22(12)19(7-8-26-28)33-15-5-6-16-20(9-15)32-14(3)21(16)23(30)25-4/h5-10,13,18,29H,4,11H2,1-3H3/t13-,18+/m0/s1. The molecule has 0 unspecified atom stereocenters. The molecule has 0 aliphatic carbocycles. The van der Waals surface area contributed by atoms with E-state index in [9.17, 15) is 14.7 Å². The maximum Gasteiger partial charge on any atom is 0.280 e. The van der Waals surface area contributed by atoms with Crippen molar-refractivity contribution in [3.05, 3.63) is 59.1 Å². The highest BCUT2D eigenvalue weighted by Gasteiger charge is 2.38. The van der Waals surface area contributed by atoms with Gasteiger partial charge in [-0.1, -0.05) is 0 Å². The van der Waals surface area contributed by atoms with Gasteiger partial charge in [0.15, 0.2) is 5.75 Å². The van der Waals surface area contributed by atoms with Crippen LogP contribution >= 0.6 is 0 Å². The number of aryl methyl sites for hydroxylation is 2. The summed E-state index contributed by atoms with van der Waals surface area (Å²) >= 11 is 0. The van der Waals surface area contributed by atoms with Crippen LogP contribution in [0.5, 0.6) is 11.5 Å². The Kier molecular flexibility index (Phi) is 4.79. The van der Waals surface area contributed by atoms with Crippen molar-refractivity contribution in [2.75, 3.05) is 6.54 Å². The smallest absolute Gasteiger partial charge is 0.280 e. The first kappa shape index (κ1) is 20.9. The number of carbonyl (C=O) groups is 2. The zero-order valence-electron chi connectivity index (χ0n) is 18.4. The number of aliphatic imine (C=N–C) groups is 1. The van der Waals surface area contributed by atoms with Gasteiger partial charge in [-0.25, -0.2) is 9.51 Å². The number of aliphatic hydroxyl groups is 1. The first-order valence-corrected chi connectivity index (χ1v) is 10.5. The number of amides is 2. The molecule has 9 nitrogen and oxygen atoms in total. The van der Waals surface area contributed by atoms with Gasteiger partial charge in [-0.3, -0.25) is 9.59 Å². The van der Waals surface area contributed by atoms with Crippen molar-refractivity contribution in [1.82, 2.24) is 14.5 Å². The summed E-state index contributed by atoms with van der Waals surface area (Å²) in [5, 5.41) is 14.7. The van der Waals surface area contributed by atoms with Crippen LogP contribution in [0.1, 0.15) is 39.0 Å². The van der Waals surface area contributed by atoms with Crippen molar-refractivity contribution >= 4 is 35.0 Å². The van der Waals surface area contributed by atoms with E-state index in [1.54, 1.807) is 53.0 Å². The summed E-state index contributed by atoms with van der Waals surface area (Å²) in [5.41, 5.74) is 2.78. The number of aromatic nitrogens is 2. The molecule has 0 bridgehead atoms. The van der Waals surface area contributed by atoms with Gasteiger partial charge in [0.1, 0.15) is 22.6 Å². The van der Waals surface area contributed by atoms with Crippen LogP contribution in [0.2, 0.25) is 0 Å². The van der Waals surface area contributed by atoms with Gasteiger partial charge < -0.3 is 19.2 Å². The van der Waals surface area contributed by atoms with E-state index in [4.69, 9.17) is 9.15 Å². The lowest BCUT2D eigenvalue weighted by Crippen LogP contribution is -2.60. The van der Waals surface area contributed by atoms with Crippen molar-refractivity contribution in [1.29, 1.82) is 0 Å². The number of aliphatic hydroxyl groups excluding tert-OH is 1. The van der Waals surface area contributed by atoms with E-state index in [1.807, 2.05) is 13.8 Å². The van der Waals surface area contributed by atoms with Crippen molar-refractivity contribution < 1.29 is 23.8 Å². The number of β-amino-alcohol motifs (C(OH)–C–C–N with tert-alkyl or cyclic N) is 1. The fourth-order valence-electron chi connectivity index (χ4n) is 4.27. The van der Waals surface area contributed by atoms with Gasteiger partial charge in [-0.2, -0.15) is 5.10 Å². The fraction of sp³-hybridized carbons (Fsp3) is 0.250. The van der Waals surface area contributed by atoms with Crippen LogP contribution in [0, 0.1) is 13.8 Å². The van der Waals surface area contributed by atoms with Gasteiger partial charge in [0.2, 0.25) is 0 Å². The maximum absolute atomic E-state index is 13.0. The lowest BCUT2D eigenvalue weighted by Gasteiger charge is -2.43. The van der Waals surface area contributed by atoms with E-state index in [-0.39, 0.29) is 11.9 Å². The first-order valence-electron chi connectivity index (χ1n) is 10.5. The summed E-state index contributed by atoms with van der Waals surface area (Å²) in [4.78, 5) is 30.2. The molecule has 1 N–H and O–H groups in total. The topological polar surface area (TPSA) is 110 Å². The predicted octanol–water partition coefficient (Wildman–Crippen LogP) is 3.54. The molecule has 0 radical (unpaired) electrons. The number of ether oxygens (including phenoxy) is 1. The van der Waals surface area contributed by atoms with Gasteiger partial charge >= 0.3 is 0 Å². The normalized spacial score (nSPS) is 17.9. The van der Waals surface area contributed by atoms with Crippen LogP contribution in [0.3, 0.4) is 0 Å². The van der Waals surface area contributed by atoms with Gasteiger partial charge in [-0.15, -0.1) is 0 Å². The molecule has 168 valence electrons. The molecule has 2 atom stereocenters. The van der Waals surface area contributed by atoms with E-state index >= 15 is 0 Å². The third-order valence-electron chi connectivity index (χ3n) is 6.24. The van der Waals surface area contributed by atoms with Crippen LogP contribution in [0.15, 0.2) is 46.1 Å². The molecule has 33 heavy (non-hydrogen) atoms. The number of carbonyl (C=O) groups excluding carboxylic acids is 2. The highest BCUT2D eigenvalue weighted by molar-refractivity contribution is 6.09. The molecule has 0 spiro atoms. The Balaban J connectivity index is 1.51. The minimum atomic E-state index is -0.499. The van der Waals surface area contributed by atoms with E-state index in [0.717, 1.165) is 5.56 Å². The lowest BCUT2D eigenvalue weighted by atomic mass is 9.99. The zero-order chi connectivity index (χ0) is 23.4. The van der Waals surface area contributed by atoms with Crippen molar-refractivity contribution in [3.8, 4) is 11.5 Å². The van der Waals surface area contributed by atoms with Gasteiger partial charge in [0, 0.05) is 30.3 Å². The molecule has 0 saturated carbocycles. The summed E-state index contributed by atoms with van der Waals surface area (Å²) in [6, 6.07) is 6.68. The number of rotatable bonds is 4. The molecular formula is C24H22N4O5. The lowest BCUT2D eigenvalue weighted by molar-refractivity contribution is -0.0357. The number of benzene rings is 1. The number of hydrogen-bond acceptors (Lipinski definition) is 6. The average molecular weight is 446 g/mol. The second-order valence-corrected chi connectivity index (χ2v) is 8.18. The van der Waals surface area contributed by atoms with Gasteiger partial charge in [-0.05, 0) is 45.2 Å². The Morgan fingerprint density at radius 3 is 2.79 bits per heavy atom. The minimum absolute atomic E-state index is 0.151. The molecule has 3 aromatic heterocycles. The second kappa shape index (κ2) is 7.56. The molecule has 1 aliphatic heterocycles. The molecule has 5 rings (SSSR count). The van der Waals surface area contributed by atoms with Crippen molar-refractivity contribution in [3.63, 3.8) is 0 Å². The summed E-state index contributed by atoms with van der Waals surface area (Å²) in [5.74, 6) is 0.887. The van der Waals surface area contributed by atoms with E-state index in [0.29, 0.717) is 51.4 Å². The zero-order valence-corrected chi connectivity index (χ0v) is 18.4. The highest BCUT2D eigenvalue weighted by atomic mass is 16.5. The maximum atomic E-state index is 13.0. The second-order valence-electron chi connectivity index (χ2n) is 8.18. The summed E-state index contributed by atoms with van der Waals surface area (Å²) in [6.07, 6.45) is 2.77. The monoisotopic (exact) mass is 446 g/mol. The number of fused-ring (bicyclic) bond motifs is 2. The van der Waals surface area contributed by atoms with Crippen LogP contribution in [0.4, 0.5) is 0 Å². The number of furan rings is 1. The quantitative estimate of drug-likeness (QED) is 0.480. The molecule has 1 aliphatic rings. The Bertz CT molecular complexity index is 1450. The van der Waals surface area contributed by atoms with Crippen LogP contribution in [-0.2, 0) is 0 Å². The van der Waals surface area contributed by atoms with E-state index in [2.05, 4.69) is 16.8 Å². The SMILES string of the molecule is C=NC(=O)c1c(C)oc2cc(Oc3ccnn4cc(C(=O)N5C[C@@H](O)[C@@H]5C)c(C)c34)ccc12. The van der Waals surface area contributed by atoms with E-state index < -0.39 is 12.0 Å². The summed E-state index contributed by atoms with van der Waals surface area (Å²) in [7, 11) is 0. The Hall–Kier alpha value is -3.98. The molecular weight excluding hydrogens is 424 g/mol. The predicted molar refractivity (Wildman–Crippen MR) is 121 cm³/mol. The van der Waals surface area contributed by atoms with Crippen molar-refractivity contribution in [2.45, 2.75) is 32.9 Å². The first-order chi connectivity index (χ1) is 15.8. The highest BCUT2D eigenvalue weighted by Crippen LogP contribution is 2.35. The average Bonchev–Trinajstić information content (AvgIpc) is 3.32. The van der Waals surface area contributed by atoms with Crippen LogP contribution < -0.4 is 4.74 Å². The number of hydrogen-bond donors (Lipinski definition) is 1. The molecule has 4 aromatic rings. The Labute approximate surface area is 188 Å². The third kappa shape index (κ3) is 3.20. The molecule has 9 heteroatoms.